The van der Waals surface area contributed by atoms with E-state index in [1.807, 2.05) is 0 Å². The molecule has 1 heterocycles. The summed E-state index contributed by atoms with van der Waals surface area (Å²) < 4.78 is 41.1. The van der Waals surface area contributed by atoms with Crippen molar-refractivity contribution in [2.75, 3.05) is 0 Å². The van der Waals surface area contributed by atoms with Crippen LogP contribution in [0.3, 0.4) is 0 Å². The maximum Gasteiger partial charge on any atom is 0.309 e. The first-order valence-corrected chi connectivity index (χ1v) is 10.9. The van der Waals surface area contributed by atoms with Crippen molar-refractivity contribution in [3.05, 3.63) is 69.6 Å². The molecule has 0 aliphatic rings. The van der Waals surface area contributed by atoms with Crippen molar-refractivity contribution in [3.63, 3.8) is 0 Å². The fourth-order valence-corrected chi connectivity index (χ4v) is 4.01. The van der Waals surface area contributed by atoms with Gasteiger partial charge in [-0.25, -0.2) is 13.2 Å². The first-order chi connectivity index (χ1) is 16.3. The average Bonchev–Trinajstić information content (AvgIpc) is 3.06. The number of aliphatic carboxylic acids is 1. The average molecular weight is 510 g/mol. The molecule has 2 aromatic carbocycles. The zero-order chi connectivity index (χ0) is 26.1. The Morgan fingerprint density at radius 2 is 1.80 bits per heavy atom. The van der Waals surface area contributed by atoms with Crippen LogP contribution in [0.4, 0.5) is 13.2 Å². The van der Waals surface area contributed by atoms with Gasteiger partial charge < -0.3 is 20.3 Å². The van der Waals surface area contributed by atoms with Gasteiger partial charge in [0, 0.05) is 39.3 Å². The zero-order valence-corrected chi connectivity index (χ0v) is 19.8. The maximum absolute atomic E-state index is 13.8. The second-order valence-corrected chi connectivity index (χ2v) is 9.51. The first-order valence-electron chi connectivity index (χ1n) is 10.5. The number of carbonyl (C=O) groups is 3. The van der Waals surface area contributed by atoms with Crippen LogP contribution in [0.15, 0.2) is 30.3 Å². The van der Waals surface area contributed by atoms with Crippen molar-refractivity contribution < 1.29 is 32.7 Å². The number of rotatable bonds is 8. The number of nitrogens with zero attached hydrogens (tertiary/aromatic N) is 1. The molecule has 0 saturated heterocycles. The van der Waals surface area contributed by atoms with E-state index in [9.17, 15) is 32.7 Å². The molecular weight excluding hydrogens is 487 g/mol. The Hall–Kier alpha value is -3.53. The Bertz CT molecular complexity index is 1280. The Morgan fingerprint density at radius 1 is 1.17 bits per heavy atom. The number of aromatic amines is 1. The number of fused-ring (bicyclic) bond motifs is 1. The normalized spacial score (nSPS) is 12.4. The molecule has 3 N–H and O–H groups in total. The van der Waals surface area contributed by atoms with Crippen LogP contribution in [0.2, 0.25) is 5.02 Å². The van der Waals surface area contributed by atoms with Crippen molar-refractivity contribution in [2.45, 2.75) is 45.3 Å². The van der Waals surface area contributed by atoms with E-state index in [1.165, 1.54) is 0 Å². The van der Waals surface area contributed by atoms with Gasteiger partial charge in [0.05, 0.1) is 6.42 Å². The summed E-state index contributed by atoms with van der Waals surface area (Å²) in [5.41, 5.74) is -0.0738. The Morgan fingerprint density at radius 3 is 2.34 bits per heavy atom. The number of hydrogen-bond acceptors (Lipinski definition) is 3. The summed E-state index contributed by atoms with van der Waals surface area (Å²) >= 11 is 6.07. The summed E-state index contributed by atoms with van der Waals surface area (Å²) in [6.07, 6.45) is -0.196. The molecule has 0 spiro atoms. The van der Waals surface area contributed by atoms with Gasteiger partial charge in [0.15, 0.2) is 17.5 Å². The molecule has 3 aromatic rings. The van der Waals surface area contributed by atoms with E-state index in [2.05, 4.69) is 10.3 Å². The molecule has 35 heavy (non-hydrogen) atoms. The highest BCUT2D eigenvalue weighted by Crippen LogP contribution is 2.35. The highest BCUT2D eigenvalue weighted by Gasteiger charge is 2.34. The van der Waals surface area contributed by atoms with E-state index >= 15 is 0 Å². The highest BCUT2D eigenvalue weighted by atomic mass is 35.5. The lowest BCUT2D eigenvalue weighted by Crippen LogP contribution is -2.47. The minimum Gasteiger partial charge on any atom is -0.481 e. The number of nitrogens with one attached hydrogen (secondary N) is 2. The van der Waals surface area contributed by atoms with Crippen LogP contribution < -0.4 is 5.32 Å². The van der Waals surface area contributed by atoms with Gasteiger partial charge >= 0.3 is 5.97 Å². The predicted molar refractivity (Wildman–Crippen MR) is 123 cm³/mol. The summed E-state index contributed by atoms with van der Waals surface area (Å²) in [4.78, 5) is 41.2. The lowest BCUT2D eigenvalue weighted by Gasteiger charge is -2.31. The molecule has 1 atom stereocenters. The van der Waals surface area contributed by atoms with Crippen molar-refractivity contribution in [3.8, 4) is 0 Å². The van der Waals surface area contributed by atoms with Crippen LogP contribution >= 0.6 is 11.6 Å². The quantitative estimate of drug-likeness (QED) is 0.308. The number of carboxylic acids is 1. The molecule has 0 aliphatic carbocycles. The van der Waals surface area contributed by atoms with E-state index < -0.39 is 53.9 Å². The lowest BCUT2D eigenvalue weighted by molar-refractivity contribution is -0.136. The van der Waals surface area contributed by atoms with Gasteiger partial charge in [-0.2, -0.15) is 0 Å². The second-order valence-electron chi connectivity index (χ2n) is 9.07. The van der Waals surface area contributed by atoms with Gasteiger partial charge in [-0.3, -0.25) is 14.4 Å². The number of amides is 2. The number of H-pyrrole nitrogens is 1. The fourth-order valence-electron chi connectivity index (χ4n) is 3.84. The number of carboxylic acid groups (broad SMARTS) is 1. The molecule has 1 unspecified atom stereocenters. The Balaban J connectivity index is 2.21. The number of carbonyl (C=O) groups excluding carboxylic acids is 2. The molecule has 2 amide bonds. The lowest BCUT2D eigenvalue weighted by atomic mass is 9.97. The van der Waals surface area contributed by atoms with Crippen LogP contribution in [0.1, 0.15) is 43.6 Å². The Kier molecular flexibility index (Phi) is 7.44. The summed E-state index contributed by atoms with van der Waals surface area (Å²) in [6, 6.07) is 4.71. The molecule has 11 heteroatoms. The van der Waals surface area contributed by atoms with E-state index in [0.29, 0.717) is 22.3 Å². The minimum absolute atomic E-state index is 0.107. The van der Waals surface area contributed by atoms with E-state index in [-0.39, 0.29) is 16.8 Å². The minimum atomic E-state index is -1.66. The molecule has 7 nitrogen and oxygen atoms in total. The van der Waals surface area contributed by atoms with Crippen molar-refractivity contribution in [1.29, 1.82) is 0 Å². The van der Waals surface area contributed by atoms with Crippen molar-refractivity contribution >= 4 is 40.8 Å². The monoisotopic (exact) mass is 509 g/mol. The van der Waals surface area contributed by atoms with Gasteiger partial charge in [-0.1, -0.05) is 17.7 Å². The Labute approximate surface area is 203 Å². The number of hydrogen-bond donors (Lipinski definition) is 3. The number of aromatic nitrogens is 1. The summed E-state index contributed by atoms with van der Waals surface area (Å²) in [5.74, 6) is -6.41. The van der Waals surface area contributed by atoms with E-state index in [0.717, 1.165) is 17.0 Å². The molecule has 0 fully saturated rings. The molecule has 0 saturated carbocycles. The van der Waals surface area contributed by atoms with Gasteiger partial charge in [-0.05, 0) is 50.6 Å². The fraction of sp³-hybridized carbons (Fsp3) is 0.292. The van der Waals surface area contributed by atoms with Crippen molar-refractivity contribution in [2.24, 2.45) is 0 Å². The third kappa shape index (κ3) is 5.94. The van der Waals surface area contributed by atoms with Gasteiger partial charge in [0.1, 0.15) is 6.04 Å². The molecule has 0 aliphatic heterocycles. The van der Waals surface area contributed by atoms with Crippen LogP contribution in [-0.4, -0.2) is 38.8 Å². The van der Waals surface area contributed by atoms with Crippen LogP contribution in [0.5, 0.6) is 0 Å². The number of benzene rings is 2. The molecule has 0 radical (unpaired) electrons. The number of halogens is 4. The summed E-state index contributed by atoms with van der Waals surface area (Å²) in [7, 11) is 0. The summed E-state index contributed by atoms with van der Waals surface area (Å²) in [6.45, 7) is 4.67. The predicted octanol–water partition coefficient (Wildman–Crippen LogP) is 4.48. The molecule has 186 valence electrons. The first kappa shape index (κ1) is 26.1. The largest absolute Gasteiger partial charge is 0.481 e. The topological polar surface area (TPSA) is 102 Å². The summed E-state index contributed by atoms with van der Waals surface area (Å²) in [5, 5.41) is 13.0. The van der Waals surface area contributed by atoms with Crippen LogP contribution in [0, 0.1) is 17.5 Å². The van der Waals surface area contributed by atoms with Gasteiger partial charge in [-0.15, -0.1) is 0 Å². The SMILES string of the molecule is CC(C)(C)NC(=O)C(c1c(CC(=O)O)[nH]c2cc(Cl)ccc12)N(C=O)Cc1cc(F)c(F)c(F)c1. The zero-order valence-electron chi connectivity index (χ0n) is 19.1. The third-order valence-electron chi connectivity index (χ3n) is 5.11. The van der Waals surface area contributed by atoms with Crippen LogP contribution in [-0.2, 0) is 27.3 Å². The van der Waals surface area contributed by atoms with Crippen molar-refractivity contribution in [1.82, 2.24) is 15.2 Å². The van der Waals surface area contributed by atoms with Gasteiger partial charge in [0.2, 0.25) is 12.3 Å². The maximum atomic E-state index is 13.8. The second kappa shape index (κ2) is 9.99. The molecule has 0 bridgehead atoms. The molecular formula is C24H23ClF3N3O4. The van der Waals surface area contributed by atoms with Crippen LogP contribution in [0.25, 0.3) is 10.9 Å². The van der Waals surface area contributed by atoms with E-state index in [1.54, 1.807) is 39.0 Å². The standard InChI is InChI=1S/C24H23ClF3N3O4/c1-24(2,3)30-23(35)22(31(11-32)10-12-6-15(26)21(28)16(27)7-12)20-14-5-4-13(25)8-17(14)29-18(20)9-19(33)34/h4-8,11,22,29H,9-10H2,1-3H3,(H,30,35)(H,33,34). The molecule has 1 aromatic heterocycles. The highest BCUT2D eigenvalue weighted by molar-refractivity contribution is 6.31. The smallest absolute Gasteiger partial charge is 0.309 e. The third-order valence-corrected chi connectivity index (χ3v) is 5.34. The van der Waals surface area contributed by atoms with Gasteiger partial charge in [0.25, 0.3) is 0 Å². The van der Waals surface area contributed by atoms with E-state index in [4.69, 9.17) is 11.6 Å². The molecule has 3 rings (SSSR count).